The van der Waals surface area contributed by atoms with Gasteiger partial charge in [0.25, 0.3) is 0 Å². The molecule has 4 nitrogen and oxygen atoms in total. The zero-order chi connectivity index (χ0) is 16.1. The van der Waals surface area contributed by atoms with Gasteiger partial charge in [-0.15, -0.1) is 0 Å². The van der Waals surface area contributed by atoms with E-state index in [-0.39, 0.29) is 11.8 Å². The summed E-state index contributed by atoms with van der Waals surface area (Å²) in [6.07, 6.45) is 3.47. The number of benzene rings is 2. The highest BCUT2D eigenvalue weighted by Crippen LogP contribution is 2.23. The number of hydrogen-bond donors (Lipinski definition) is 2. The van der Waals surface area contributed by atoms with Crippen molar-refractivity contribution in [3.63, 3.8) is 0 Å². The molecule has 0 fully saturated rings. The van der Waals surface area contributed by atoms with Gasteiger partial charge in [-0.05, 0) is 68.3 Å². The van der Waals surface area contributed by atoms with Crippen molar-refractivity contribution in [3.8, 4) is 5.75 Å². The summed E-state index contributed by atoms with van der Waals surface area (Å²) in [5.74, 6) is 0.237. The van der Waals surface area contributed by atoms with E-state index in [4.69, 9.17) is 5.73 Å². The van der Waals surface area contributed by atoms with E-state index in [0.29, 0.717) is 11.3 Å². The molecule has 0 aliphatic carbocycles. The van der Waals surface area contributed by atoms with Gasteiger partial charge in [0, 0.05) is 29.7 Å². The highest BCUT2D eigenvalue weighted by Gasteiger charge is 2.04. The Morgan fingerprint density at radius 1 is 1.09 bits per heavy atom. The molecule has 0 heterocycles. The Morgan fingerprint density at radius 3 is 2.41 bits per heavy atom. The van der Waals surface area contributed by atoms with Crippen molar-refractivity contribution in [3.05, 3.63) is 53.1 Å². The highest BCUT2D eigenvalue weighted by molar-refractivity contribution is 5.90. The quantitative estimate of drug-likeness (QED) is 0.664. The molecular weight excluding hydrogens is 274 g/mol. The van der Waals surface area contributed by atoms with E-state index in [1.165, 1.54) is 0 Å². The maximum Gasteiger partial charge on any atom is 0.127 e. The van der Waals surface area contributed by atoms with Crippen molar-refractivity contribution < 1.29 is 5.11 Å². The molecule has 0 saturated carbocycles. The lowest BCUT2D eigenvalue weighted by molar-refractivity contribution is 0.470. The Bertz CT molecular complexity index is 701. The van der Waals surface area contributed by atoms with Crippen LogP contribution in [0.2, 0.25) is 0 Å². The van der Waals surface area contributed by atoms with Gasteiger partial charge in [0.1, 0.15) is 5.75 Å². The monoisotopic (exact) mass is 295 g/mol. The van der Waals surface area contributed by atoms with Gasteiger partial charge in [0.2, 0.25) is 0 Å². The van der Waals surface area contributed by atoms with E-state index in [1.54, 1.807) is 18.3 Å². The number of nitrogens with zero attached hydrogens (tertiary/aromatic N) is 2. The molecule has 0 unspecified atom stereocenters. The number of aliphatic imine (C=N–C) groups is 2. The topological polar surface area (TPSA) is 71.0 Å². The summed E-state index contributed by atoms with van der Waals surface area (Å²) in [6, 6.07) is 11.3. The van der Waals surface area contributed by atoms with Crippen molar-refractivity contribution in [2.24, 2.45) is 9.98 Å². The number of nitrogen functional groups attached to an aromatic ring is 1. The summed E-state index contributed by atoms with van der Waals surface area (Å²) >= 11 is 0. The van der Waals surface area contributed by atoms with E-state index >= 15 is 0 Å². The van der Waals surface area contributed by atoms with Gasteiger partial charge in [0.15, 0.2) is 0 Å². The van der Waals surface area contributed by atoms with Crippen molar-refractivity contribution in [1.29, 1.82) is 0 Å². The van der Waals surface area contributed by atoms with Crippen molar-refractivity contribution in [2.45, 2.75) is 26.8 Å². The van der Waals surface area contributed by atoms with Crippen LogP contribution in [0.1, 0.15) is 30.5 Å². The molecule has 114 valence electrons. The predicted octanol–water partition coefficient (Wildman–Crippen LogP) is 3.86. The summed E-state index contributed by atoms with van der Waals surface area (Å²) in [6.45, 7) is 5.91. The Morgan fingerprint density at radius 2 is 1.77 bits per heavy atom. The molecule has 0 aromatic heterocycles. The van der Waals surface area contributed by atoms with Crippen molar-refractivity contribution in [2.75, 3.05) is 5.73 Å². The third-order valence-electron chi connectivity index (χ3n) is 3.12. The zero-order valence-electron chi connectivity index (χ0n) is 13.1. The Hall–Kier alpha value is -2.62. The van der Waals surface area contributed by atoms with E-state index in [9.17, 15) is 5.11 Å². The Kier molecular flexibility index (Phi) is 4.94. The van der Waals surface area contributed by atoms with E-state index in [0.717, 1.165) is 16.8 Å². The molecule has 0 atom stereocenters. The van der Waals surface area contributed by atoms with Crippen LogP contribution in [0.3, 0.4) is 0 Å². The van der Waals surface area contributed by atoms with Crippen LogP contribution < -0.4 is 5.73 Å². The van der Waals surface area contributed by atoms with Gasteiger partial charge in [-0.3, -0.25) is 9.98 Å². The Labute approximate surface area is 131 Å². The molecule has 0 bridgehead atoms. The third kappa shape index (κ3) is 4.19. The van der Waals surface area contributed by atoms with Gasteiger partial charge in [-0.2, -0.15) is 0 Å². The molecule has 2 aromatic carbocycles. The van der Waals surface area contributed by atoms with Crippen molar-refractivity contribution >= 4 is 23.8 Å². The molecule has 3 N–H and O–H groups in total. The molecule has 2 rings (SSSR count). The average Bonchev–Trinajstić information content (AvgIpc) is 2.48. The van der Waals surface area contributed by atoms with Gasteiger partial charge in [0.05, 0.1) is 5.69 Å². The van der Waals surface area contributed by atoms with Gasteiger partial charge < -0.3 is 10.8 Å². The van der Waals surface area contributed by atoms with Crippen LogP contribution in [0.5, 0.6) is 5.75 Å². The predicted molar refractivity (Wildman–Crippen MR) is 93.7 cm³/mol. The molecule has 0 aliphatic rings. The number of phenols is 1. The number of aromatic hydroxyl groups is 1. The van der Waals surface area contributed by atoms with Crippen LogP contribution in [0.15, 0.2) is 46.4 Å². The van der Waals surface area contributed by atoms with Crippen LogP contribution in [-0.4, -0.2) is 23.6 Å². The van der Waals surface area contributed by atoms with E-state index < -0.39 is 0 Å². The summed E-state index contributed by atoms with van der Waals surface area (Å²) in [5, 5.41) is 10.2. The smallest absolute Gasteiger partial charge is 0.127 e. The normalized spacial score (nSPS) is 11.8. The minimum Gasteiger partial charge on any atom is -0.507 e. The molecule has 0 saturated heterocycles. The number of nitrogens with two attached hydrogens (primary N) is 1. The second-order valence-electron chi connectivity index (χ2n) is 5.50. The number of rotatable bonds is 4. The summed E-state index contributed by atoms with van der Waals surface area (Å²) < 4.78 is 0. The second-order valence-corrected chi connectivity index (χ2v) is 5.50. The van der Waals surface area contributed by atoms with Crippen LogP contribution in [0.25, 0.3) is 0 Å². The van der Waals surface area contributed by atoms with E-state index in [2.05, 4.69) is 9.98 Å². The standard InChI is InChI=1S/C18H21N3O/c1-12(2)20-10-14-8-13(3)18(22)15(9-14)11-21-17-6-4-16(19)5-7-17/h4-12,22H,19H2,1-3H3. The number of phenolic OH excluding ortho intramolecular Hbond substituents is 1. The van der Waals surface area contributed by atoms with Crippen LogP contribution >= 0.6 is 0 Å². The first-order chi connectivity index (χ1) is 10.5. The minimum absolute atomic E-state index is 0.237. The lowest BCUT2D eigenvalue weighted by Crippen LogP contribution is -1.94. The fourth-order valence-electron chi connectivity index (χ4n) is 1.95. The molecule has 0 aliphatic heterocycles. The first-order valence-corrected chi connectivity index (χ1v) is 7.22. The first-order valence-electron chi connectivity index (χ1n) is 7.22. The lowest BCUT2D eigenvalue weighted by atomic mass is 10.1. The summed E-state index contributed by atoms with van der Waals surface area (Å²) in [4.78, 5) is 8.74. The molecule has 0 amide bonds. The maximum atomic E-state index is 10.2. The van der Waals surface area contributed by atoms with E-state index in [1.807, 2.05) is 51.3 Å². The average molecular weight is 295 g/mol. The zero-order valence-corrected chi connectivity index (χ0v) is 13.1. The first kappa shape index (κ1) is 15.8. The fraction of sp³-hybridized carbons (Fsp3) is 0.222. The number of anilines is 1. The largest absolute Gasteiger partial charge is 0.507 e. The third-order valence-corrected chi connectivity index (χ3v) is 3.12. The molecule has 2 aromatic rings. The number of hydrogen-bond acceptors (Lipinski definition) is 4. The number of aryl methyl sites for hydroxylation is 1. The van der Waals surface area contributed by atoms with Gasteiger partial charge >= 0.3 is 0 Å². The van der Waals surface area contributed by atoms with Gasteiger partial charge in [-0.25, -0.2) is 0 Å². The van der Waals surface area contributed by atoms with Gasteiger partial charge in [-0.1, -0.05) is 0 Å². The Balaban J connectivity index is 2.31. The van der Waals surface area contributed by atoms with Crippen LogP contribution in [-0.2, 0) is 0 Å². The summed E-state index contributed by atoms with van der Waals surface area (Å²) in [7, 11) is 0. The van der Waals surface area contributed by atoms with Crippen LogP contribution in [0, 0.1) is 6.92 Å². The fourth-order valence-corrected chi connectivity index (χ4v) is 1.95. The molecule has 0 radical (unpaired) electrons. The molecular formula is C18H21N3O. The highest BCUT2D eigenvalue weighted by atomic mass is 16.3. The lowest BCUT2D eigenvalue weighted by Gasteiger charge is -2.05. The SMILES string of the molecule is Cc1cc(C=NC(C)C)cc(C=Nc2ccc(N)cc2)c1O. The summed E-state index contributed by atoms with van der Waals surface area (Å²) in [5.41, 5.74) is 9.55. The van der Waals surface area contributed by atoms with Crippen molar-refractivity contribution in [1.82, 2.24) is 0 Å². The molecule has 22 heavy (non-hydrogen) atoms. The van der Waals surface area contributed by atoms with Crippen LogP contribution in [0.4, 0.5) is 11.4 Å². The minimum atomic E-state index is 0.237. The maximum absolute atomic E-state index is 10.2. The molecule has 4 heteroatoms. The second kappa shape index (κ2) is 6.89. The molecule has 0 spiro atoms.